The second kappa shape index (κ2) is 4.08. The van der Waals surface area contributed by atoms with Crippen LogP contribution in [0.25, 0.3) is 0 Å². The summed E-state index contributed by atoms with van der Waals surface area (Å²) < 4.78 is 1.89. The van der Waals surface area contributed by atoms with Gasteiger partial charge in [0, 0.05) is 18.9 Å². The fourth-order valence-corrected chi connectivity index (χ4v) is 1.31. The molecule has 0 aromatic carbocycles. The molecule has 0 bridgehead atoms. The molecule has 5 nitrogen and oxygen atoms in total. The van der Waals surface area contributed by atoms with Crippen LogP contribution in [-0.2, 0) is 6.54 Å². The van der Waals surface area contributed by atoms with E-state index in [1.165, 1.54) is 6.33 Å². The third kappa shape index (κ3) is 2.12. The van der Waals surface area contributed by atoms with Crippen LogP contribution < -0.4 is 5.32 Å². The van der Waals surface area contributed by atoms with Crippen molar-refractivity contribution in [1.82, 2.24) is 19.7 Å². The first-order valence-corrected chi connectivity index (χ1v) is 4.86. The van der Waals surface area contributed by atoms with Crippen molar-refractivity contribution in [2.75, 3.05) is 5.32 Å². The molecule has 0 radical (unpaired) electrons. The molecular formula is C10H13N5. The normalized spacial score (nSPS) is 10.3. The highest BCUT2D eigenvalue weighted by atomic mass is 15.3. The Bertz CT molecular complexity index is 434. The molecular weight excluding hydrogens is 190 g/mol. The molecule has 0 saturated heterocycles. The highest BCUT2D eigenvalue weighted by Gasteiger charge is 2.03. The summed E-state index contributed by atoms with van der Waals surface area (Å²) in [6.07, 6.45) is 5.19. The molecule has 2 rings (SSSR count). The molecule has 5 heteroatoms. The fourth-order valence-electron chi connectivity index (χ4n) is 1.31. The number of aromatic nitrogens is 4. The number of nitrogens with one attached hydrogen (secondary N) is 1. The Balaban J connectivity index is 2.21. The minimum atomic E-state index is 0.781. The summed E-state index contributed by atoms with van der Waals surface area (Å²) in [5.41, 5.74) is 1.95. The third-order valence-electron chi connectivity index (χ3n) is 2.12. The Kier molecular flexibility index (Phi) is 2.62. The predicted molar refractivity (Wildman–Crippen MR) is 58.0 cm³/mol. The molecule has 0 saturated carbocycles. The Morgan fingerprint density at radius 2 is 2.33 bits per heavy atom. The van der Waals surface area contributed by atoms with Crippen molar-refractivity contribution in [2.45, 2.75) is 20.4 Å². The van der Waals surface area contributed by atoms with Gasteiger partial charge in [-0.25, -0.2) is 9.97 Å². The second-order valence-electron chi connectivity index (χ2n) is 3.20. The molecule has 15 heavy (non-hydrogen) atoms. The van der Waals surface area contributed by atoms with Gasteiger partial charge in [0.2, 0.25) is 0 Å². The molecule has 78 valence electrons. The summed E-state index contributed by atoms with van der Waals surface area (Å²) in [6.45, 7) is 4.89. The maximum Gasteiger partial charge on any atom is 0.133 e. The van der Waals surface area contributed by atoms with Gasteiger partial charge in [-0.1, -0.05) is 0 Å². The van der Waals surface area contributed by atoms with Crippen LogP contribution in [0.3, 0.4) is 0 Å². The number of aryl methyl sites for hydroxylation is 2. The van der Waals surface area contributed by atoms with E-state index < -0.39 is 0 Å². The van der Waals surface area contributed by atoms with E-state index in [2.05, 4.69) is 27.3 Å². The lowest BCUT2D eigenvalue weighted by atomic mass is 10.4. The molecule has 1 N–H and O–H groups in total. The summed E-state index contributed by atoms with van der Waals surface area (Å²) in [5, 5.41) is 7.53. The smallest absolute Gasteiger partial charge is 0.133 e. The molecule has 0 aliphatic rings. The van der Waals surface area contributed by atoms with Gasteiger partial charge in [0.15, 0.2) is 0 Å². The number of anilines is 2. The molecule has 0 atom stereocenters. The Morgan fingerprint density at radius 3 is 2.93 bits per heavy atom. The van der Waals surface area contributed by atoms with Crippen molar-refractivity contribution < 1.29 is 0 Å². The van der Waals surface area contributed by atoms with E-state index >= 15 is 0 Å². The van der Waals surface area contributed by atoms with E-state index in [-0.39, 0.29) is 0 Å². The van der Waals surface area contributed by atoms with Gasteiger partial charge in [0.25, 0.3) is 0 Å². The quantitative estimate of drug-likeness (QED) is 0.825. The molecule has 2 heterocycles. The van der Waals surface area contributed by atoms with Crippen LogP contribution in [0.5, 0.6) is 0 Å². The summed E-state index contributed by atoms with van der Waals surface area (Å²) in [5.74, 6) is 0.781. The first-order valence-electron chi connectivity index (χ1n) is 4.86. The maximum atomic E-state index is 4.34. The van der Waals surface area contributed by atoms with Crippen LogP contribution in [0.4, 0.5) is 11.5 Å². The van der Waals surface area contributed by atoms with Crippen molar-refractivity contribution in [3.63, 3.8) is 0 Å². The van der Waals surface area contributed by atoms with Crippen molar-refractivity contribution >= 4 is 11.5 Å². The van der Waals surface area contributed by atoms with Crippen molar-refractivity contribution in [3.05, 3.63) is 30.5 Å². The standard InChI is InChI=1S/C10H13N5/c1-3-15-6-9(8(2)14-15)13-10-4-5-11-7-12-10/h4-7H,3H2,1-2H3,(H,11,12,13). The van der Waals surface area contributed by atoms with Crippen LogP contribution in [0.2, 0.25) is 0 Å². The van der Waals surface area contributed by atoms with Gasteiger partial charge in [-0.3, -0.25) is 4.68 Å². The molecule has 0 fully saturated rings. The van der Waals surface area contributed by atoms with Gasteiger partial charge in [-0.15, -0.1) is 0 Å². The van der Waals surface area contributed by atoms with Gasteiger partial charge < -0.3 is 5.32 Å². The Morgan fingerprint density at radius 1 is 1.47 bits per heavy atom. The van der Waals surface area contributed by atoms with Gasteiger partial charge in [-0.2, -0.15) is 5.10 Å². The molecule has 0 aliphatic carbocycles. The lowest BCUT2D eigenvalue weighted by Crippen LogP contribution is -1.93. The molecule has 2 aromatic rings. The second-order valence-corrected chi connectivity index (χ2v) is 3.20. The van der Waals surface area contributed by atoms with Crippen LogP contribution in [0, 0.1) is 6.92 Å². The first-order chi connectivity index (χ1) is 7.29. The third-order valence-corrected chi connectivity index (χ3v) is 2.12. The van der Waals surface area contributed by atoms with E-state index in [9.17, 15) is 0 Å². The van der Waals surface area contributed by atoms with E-state index in [1.54, 1.807) is 6.20 Å². The largest absolute Gasteiger partial charge is 0.337 e. The van der Waals surface area contributed by atoms with E-state index in [0.29, 0.717) is 0 Å². The minimum Gasteiger partial charge on any atom is -0.337 e. The van der Waals surface area contributed by atoms with Crippen molar-refractivity contribution in [1.29, 1.82) is 0 Å². The molecule has 0 spiro atoms. The summed E-state index contributed by atoms with van der Waals surface area (Å²) in [7, 11) is 0. The zero-order chi connectivity index (χ0) is 10.7. The lowest BCUT2D eigenvalue weighted by Gasteiger charge is -2.01. The summed E-state index contributed by atoms with van der Waals surface area (Å²) in [4.78, 5) is 7.95. The molecule has 0 aliphatic heterocycles. The predicted octanol–water partition coefficient (Wildman–Crippen LogP) is 1.75. The minimum absolute atomic E-state index is 0.781. The monoisotopic (exact) mass is 203 g/mol. The maximum absolute atomic E-state index is 4.34. The average Bonchev–Trinajstić information content (AvgIpc) is 2.61. The Hall–Kier alpha value is -1.91. The van der Waals surface area contributed by atoms with E-state index in [0.717, 1.165) is 23.7 Å². The number of hydrogen-bond donors (Lipinski definition) is 1. The number of nitrogens with zero attached hydrogens (tertiary/aromatic N) is 4. The molecule has 2 aromatic heterocycles. The fraction of sp³-hybridized carbons (Fsp3) is 0.300. The Labute approximate surface area is 88.2 Å². The van der Waals surface area contributed by atoms with Crippen LogP contribution in [0.15, 0.2) is 24.8 Å². The lowest BCUT2D eigenvalue weighted by molar-refractivity contribution is 0.653. The van der Waals surface area contributed by atoms with Crippen molar-refractivity contribution in [2.24, 2.45) is 0 Å². The molecule has 0 amide bonds. The SMILES string of the molecule is CCn1cc(Nc2ccncn2)c(C)n1. The summed E-state index contributed by atoms with van der Waals surface area (Å²) >= 11 is 0. The molecule has 0 unspecified atom stereocenters. The van der Waals surface area contributed by atoms with Crippen molar-refractivity contribution in [3.8, 4) is 0 Å². The van der Waals surface area contributed by atoms with Gasteiger partial charge in [0.05, 0.1) is 11.4 Å². The van der Waals surface area contributed by atoms with Gasteiger partial charge in [-0.05, 0) is 19.9 Å². The van der Waals surface area contributed by atoms with Crippen LogP contribution in [-0.4, -0.2) is 19.7 Å². The first kappa shape index (κ1) is 9.64. The highest BCUT2D eigenvalue weighted by Crippen LogP contribution is 2.16. The van der Waals surface area contributed by atoms with Gasteiger partial charge in [0.1, 0.15) is 12.1 Å². The van der Waals surface area contributed by atoms with E-state index in [1.807, 2.05) is 23.9 Å². The van der Waals surface area contributed by atoms with E-state index in [4.69, 9.17) is 0 Å². The zero-order valence-corrected chi connectivity index (χ0v) is 8.81. The number of rotatable bonds is 3. The average molecular weight is 203 g/mol. The number of hydrogen-bond acceptors (Lipinski definition) is 4. The van der Waals surface area contributed by atoms with Crippen LogP contribution in [0.1, 0.15) is 12.6 Å². The van der Waals surface area contributed by atoms with Gasteiger partial charge >= 0.3 is 0 Å². The van der Waals surface area contributed by atoms with Crippen LogP contribution >= 0.6 is 0 Å². The zero-order valence-electron chi connectivity index (χ0n) is 8.81. The summed E-state index contributed by atoms with van der Waals surface area (Å²) in [6, 6.07) is 1.82. The highest BCUT2D eigenvalue weighted by molar-refractivity contribution is 5.56. The topological polar surface area (TPSA) is 55.6 Å².